The molecule has 1 aromatic carbocycles. The van der Waals surface area contributed by atoms with E-state index in [-0.39, 0.29) is 17.9 Å². The maximum atomic E-state index is 12.6. The lowest BCUT2D eigenvalue weighted by atomic mass is 9.94. The van der Waals surface area contributed by atoms with Crippen LogP contribution in [0.15, 0.2) is 42.5 Å². The number of benzene rings is 1. The van der Waals surface area contributed by atoms with Crippen LogP contribution in [0, 0.1) is 0 Å². The van der Waals surface area contributed by atoms with Crippen molar-refractivity contribution in [2.24, 2.45) is 7.05 Å². The van der Waals surface area contributed by atoms with E-state index in [9.17, 15) is 9.90 Å². The molecule has 0 saturated heterocycles. The van der Waals surface area contributed by atoms with Crippen LogP contribution in [0.2, 0.25) is 0 Å². The van der Waals surface area contributed by atoms with Crippen molar-refractivity contribution in [3.05, 3.63) is 59.4 Å². The maximum absolute atomic E-state index is 12.6. The number of nitrogens with zero attached hydrogens (tertiary/aromatic N) is 2. The van der Waals surface area contributed by atoms with Gasteiger partial charge in [-0.15, -0.1) is 0 Å². The van der Waals surface area contributed by atoms with E-state index in [0.717, 1.165) is 43.5 Å². The Kier molecular flexibility index (Phi) is 7.81. The number of aliphatic hydroxyl groups excluding tert-OH is 1. The average Bonchev–Trinajstić information content (AvgIpc) is 3.04. The Morgan fingerprint density at radius 3 is 2.41 bits per heavy atom. The lowest BCUT2D eigenvalue weighted by Gasteiger charge is -2.34. The van der Waals surface area contributed by atoms with Gasteiger partial charge < -0.3 is 14.6 Å². The number of hydrogen-bond acceptors (Lipinski definition) is 3. The molecule has 0 bridgehead atoms. The summed E-state index contributed by atoms with van der Waals surface area (Å²) < 4.78 is 2.02. The summed E-state index contributed by atoms with van der Waals surface area (Å²) in [5.41, 5.74) is 3.02. The van der Waals surface area contributed by atoms with Gasteiger partial charge in [0.15, 0.2) is 5.78 Å². The summed E-state index contributed by atoms with van der Waals surface area (Å²) in [6, 6.07) is 14.4. The highest BCUT2D eigenvalue weighted by molar-refractivity contribution is 5.94. The molecule has 0 aliphatic rings. The van der Waals surface area contributed by atoms with E-state index >= 15 is 0 Å². The van der Waals surface area contributed by atoms with Crippen LogP contribution in [-0.4, -0.2) is 46.6 Å². The topological polar surface area (TPSA) is 45.5 Å². The van der Waals surface area contributed by atoms with Crippen LogP contribution in [0.25, 0.3) is 0 Å². The number of aromatic nitrogens is 1. The van der Waals surface area contributed by atoms with E-state index in [1.54, 1.807) is 0 Å². The van der Waals surface area contributed by atoms with Crippen LogP contribution in [-0.2, 0) is 19.9 Å². The number of Topliss-reactive ketones (excluding diaryl/α,β-unsaturated/α-hetero) is 1. The first-order chi connectivity index (χ1) is 12.9. The number of unbranched alkanes of at least 4 members (excludes halogenated alkanes) is 1. The Balaban J connectivity index is 1.85. The molecule has 2 rings (SSSR count). The molecule has 0 aliphatic heterocycles. The third kappa shape index (κ3) is 5.78. The van der Waals surface area contributed by atoms with E-state index in [4.69, 9.17) is 0 Å². The first kappa shape index (κ1) is 21.4. The van der Waals surface area contributed by atoms with Crippen LogP contribution in [0.5, 0.6) is 0 Å². The van der Waals surface area contributed by atoms with Crippen molar-refractivity contribution in [1.29, 1.82) is 0 Å². The van der Waals surface area contributed by atoms with E-state index in [1.165, 1.54) is 5.56 Å². The highest BCUT2D eigenvalue weighted by atomic mass is 16.3. The zero-order chi connectivity index (χ0) is 19.9. The molecule has 0 aliphatic carbocycles. The number of rotatable bonds is 11. The summed E-state index contributed by atoms with van der Waals surface area (Å²) in [6.07, 6.45) is 5.25. The van der Waals surface area contributed by atoms with Gasteiger partial charge in [-0.05, 0) is 70.8 Å². The number of aryl methyl sites for hydroxylation is 2. The number of carbonyl (C=O) groups excluding carboxylic acids is 1. The van der Waals surface area contributed by atoms with Crippen LogP contribution >= 0.6 is 0 Å². The van der Waals surface area contributed by atoms with E-state index in [0.29, 0.717) is 6.42 Å². The molecule has 27 heavy (non-hydrogen) atoms. The van der Waals surface area contributed by atoms with Gasteiger partial charge in [0.25, 0.3) is 0 Å². The standard InChI is InChI=1S/C23H34N2O2/c1-23(18-26,24(2)3)17-16-20-14-15-21(25(20)4)22(27)13-9-8-12-19-10-6-5-7-11-19/h5-7,10-11,14-15,26H,8-9,12-13,16-18H2,1-4H3/t23-/m1/s1. The quantitative estimate of drug-likeness (QED) is 0.482. The molecule has 2 aromatic rings. The smallest absolute Gasteiger partial charge is 0.179 e. The molecule has 1 atom stereocenters. The van der Waals surface area contributed by atoms with Crippen molar-refractivity contribution >= 4 is 5.78 Å². The Morgan fingerprint density at radius 2 is 1.78 bits per heavy atom. The predicted octanol–water partition coefficient (Wildman–Crippen LogP) is 3.87. The first-order valence-electron chi connectivity index (χ1n) is 9.87. The number of carbonyl (C=O) groups is 1. The zero-order valence-corrected chi connectivity index (χ0v) is 17.2. The van der Waals surface area contributed by atoms with Crippen molar-refractivity contribution in [3.8, 4) is 0 Å². The number of aliphatic hydroxyl groups is 1. The summed E-state index contributed by atoms with van der Waals surface area (Å²) in [4.78, 5) is 14.7. The normalized spacial score (nSPS) is 13.7. The Morgan fingerprint density at radius 1 is 1.07 bits per heavy atom. The van der Waals surface area contributed by atoms with Crippen molar-refractivity contribution in [2.45, 2.75) is 51.0 Å². The number of hydrogen-bond donors (Lipinski definition) is 1. The monoisotopic (exact) mass is 370 g/mol. The Hall–Kier alpha value is -1.91. The van der Waals surface area contributed by atoms with E-state index in [1.807, 2.05) is 43.9 Å². The number of likely N-dealkylation sites (N-methyl/N-ethyl adjacent to an activating group) is 1. The molecular formula is C23H34N2O2. The van der Waals surface area contributed by atoms with Crippen molar-refractivity contribution in [3.63, 3.8) is 0 Å². The molecule has 0 fully saturated rings. The van der Waals surface area contributed by atoms with Crippen molar-refractivity contribution in [1.82, 2.24) is 9.47 Å². The molecule has 0 amide bonds. The van der Waals surface area contributed by atoms with Crippen molar-refractivity contribution in [2.75, 3.05) is 20.7 Å². The minimum atomic E-state index is -0.244. The fourth-order valence-corrected chi connectivity index (χ4v) is 3.31. The molecule has 1 heterocycles. The van der Waals surface area contributed by atoms with Gasteiger partial charge in [0.05, 0.1) is 12.3 Å². The molecule has 0 radical (unpaired) electrons. The van der Waals surface area contributed by atoms with Crippen molar-refractivity contribution < 1.29 is 9.90 Å². The summed E-state index contributed by atoms with van der Waals surface area (Å²) in [5.74, 6) is 0.217. The first-order valence-corrected chi connectivity index (χ1v) is 9.87. The summed E-state index contributed by atoms with van der Waals surface area (Å²) in [6.45, 7) is 2.19. The van der Waals surface area contributed by atoms with Crippen LogP contribution < -0.4 is 0 Å². The zero-order valence-electron chi connectivity index (χ0n) is 17.2. The molecule has 4 heteroatoms. The maximum Gasteiger partial charge on any atom is 0.179 e. The molecule has 0 saturated carbocycles. The van der Waals surface area contributed by atoms with Gasteiger partial charge >= 0.3 is 0 Å². The number of ketones is 1. The highest BCUT2D eigenvalue weighted by Gasteiger charge is 2.26. The molecule has 148 valence electrons. The van der Waals surface area contributed by atoms with E-state index in [2.05, 4.69) is 36.1 Å². The predicted molar refractivity (Wildman–Crippen MR) is 111 cm³/mol. The van der Waals surface area contributed by atoms with Gasteiger partial charge in [-0.25, -0.2) is 0 Å². The molecule has 0 spiro atoms. The Bertz CT molecular complexity index is 721. The van der Waals surface area contributed by atoms with Crippen LogP contribution in [0.1, 0.15) is 54.4 Å². The van der Waals surface area contributed by atoms with Gasteiger partial charge in [0.2, 0.25) is 0 Å². The SMILES string of the molecule is CN(C)[C@@](C)(CO)CCc1ccc(C(=O)CCCCc2ccccc2)n1C. The minimum absolute atomic E-state index is 0.123. The minimum Gasteiger partial charge on any atom is -0.394 e. The fraction of sp³-hybridized carbons (Fsp3) is 0.522. The largest absolute Gasteiger partial charge is 0.394 e. The Labute approximate surface area is 163 Å². The van der Waals surface area contributed by atoms with E-state index < -0.39 is 0 Å². The second-order valence-electron chi connectivity index (χ2n) is 7.93. The second-order valence-corrected chi connectivity index (χ2v) is 7.93. The summed E-state index contributed by atoms with van der Waals surface area (Å²) in [7, 11) is 5.95. The van der Waals surface area contributed by atoms with Crippen LogP contribution in [0.4, 0.5) is 0 Å². The molecule has 4 nitrogen and oxygen atoms in total. The van der Waals surface area contributed by atoms with Gasteiger partial charge in [0.1, 0.15) is 0 Å². The molecule has 1 N–H and O–H groups in total. The lowest BCUT2D eigenvalue weighted by Crippen LogP contribution is -2.45. The summed E-state index contributed by atoms with van der Waals surface area (Å²) >= 11 is 0. The third-order valence-corrected chi connectivity index (χ3v) is 5.81. The average molecular weight is 371 g/mol. The molecule has 1 aromatic heterocycles. The molecule has 0 unspecified atom stereocenters. The second kappa shape index (κ2) is 9.86. The van der Waals surface area contributed by atoms with Gasteiger partial charge in [-0.3, -0.25) is 4.79 Å². The third-order valence-electron chi connectivity index (χ3n) is 5.81. The lowest BCUT2D eigenvalue weighted by molar-refractivity contribution is 0.0762. The molecular weight excluding hydrogens is 336 g/mol. The van der Waals surface area contributed by atoms with Gasteiger partial charge in [-0.1, -0.05) is 30.3 Å². The van der Waals surface area contributed by atoms with Crippen LogP contribution in [0.3, 0.4) is 0 Å². The van der Waals surface area contributed by atoms with Gasteiger partial charge in [-0.2, -0.15) is 0 Å². The highest BCUT2D eigenvalue weighted by Crippen LogP contribution is 2.20. The summed E-state index contributed by atoms with van der Waals surface area (Å²) in [5, 5.41) is 9.70. The fourth-order valence-electron chi connectivity index (χ4n) is 3.31. The van der Waals surface area contributed by atoms with Gasteiger partial charge in [0, 0.05) is 24.7 Å².